The first kappa shape index (κ1) is 12.6. The summed E-state index contributed by atoms with van der Waals surface area (Å²) in [6.45, 7) is 0.424. The van der Waals surface area contributed by atoms with Crippen molar-refractivity contribution in [2.45, 2.75) is 6.54 Å². The summed E-state index contributed by atoms with van der Waals surface area (Å²) in [6.07, 6.45) is 0. The Kier molecular flexibility index (Phi) is 2.86. The number of anilines is 1. The Labute approximate surface area is 127 Å². The number of carbonyl (C=O) groups is 1. The summed E-state index contributed by atoms with van der Waals surface area (Å²) in [4.78, 5) is 15.3. The van der Waals surface area contributed by atoms with E-state index in [-0.39, 0.29) is 6.03 Å². The molecule has 1 aliphatic heterocycles. The molecule has 0 aliphatic carbocycles. The Morgan fingerprint density at radius 2 is 1.64 bits per heavy atom. The molecule has 0 spiro atoms. The molecular formula is C16H13N5O. The van der Waals surface area contributed by atoms with Gasteiger partial charge in [0.1, 0.15) is 11.4 Å². The molecular weight excluding hydrogens is 278 g/mol. The third kappa shape index (κ3) is 2.01. The number of aromatic nitrogens is 3. The van der Waals surface area contributed by atoms with Crippen LogP contribution in [0.3, 0.4) is 0 Å². The minimum atomic E-state index is -0.219. The third-order valence-corrected chi connectivity index (χ3v) is 3.63. The summed E-state index contributed by atoms with van der Waals surface area (Å²) in [5.74, 6) is 0. The molecule has 0 bridgehead atoms. The molecule has 2 aromatic carbocycles. The highest BCUT2D eigenvalue weighted by atomic mass is 16.2. The Morgan fingerprint density at radius 1 is 0.955 bits per heavy atom. The molecule has 2 amide bonds. The van der Waals surface area contributed by atoms with Crippen molar-refractivity contribution >= 4 is 11.7 Å². The first-order valence-electron chi connectivity index (χ1n) is 6.96. The molecule has 0 fully saturated rings. The molecule has 0 saturated heterocycles. The van der Waals surface area contributed by atoms with Gasteiger partial charge in [0, 0.05) is 11.3 Å². The smallest absolute Gasteiger partial charge is 0.287 e. The monoisotopic (exact) mass is 291 g/mol. The van der Waals surface area contributed by atoms with E-state index >= 15 is 0 Å². The van der Waals surface area contributed by atoms with Crippen LogP contribution in [0.1, 0.15) is 5.69 Å². The van der Waals surface area contributed by atoms with Gasteiger partial charge in [0.25, 0.3) is 0 Å². The molecule has 0 saturated carbocycles. The molecule has 0 atom stereocenters. The van der Waals surface area contributed by atoms with Gasteiger partial charge in [-0.1, -0.05) is 48.5 Å². The first-order chi connectivity index (χ1) is 10.8. The minimum Gasteiger partial charge on any atom is -0.287 e. The van der Waals surface area contributed by atoms with Crippen LogP contribution in [0.25, 0.3) is 11.3 Å². The number of urea groups is 1. The van der Waals surface area contributed by atoms with Crippen LogP contribution in [0.4, 0.5) is 10.5 Å². The zero-order chi connectivity index (χ0) is 14.9. The number of nitrogens with zero attached hydrogens (tertiary/aromatic N) is 4. The SMILES string of the molecule is O=C1Nn2nnc(-c3ccccc3)c2CN1c1ccccc1. The molecule has 0 unspecified atom stereocenters. The van der Waals surface area contributed by atoms with Crippen LogP contribution in [0, 0.1) is 0 Å². The second-order valence-corrected chi connectivity index (χ2v) is 5.00. The summed E-state index contributed by atoms with van der Waals surface area (Å²) >= 11 is 0. The van der Waals surface area contributed by atoms with Crippen molar-refractivity contribution in [1.29, 1.82) is 0 Å². The maximum absolute atomic E-state index is 12.2. The summed E-state index contributed by atoms with van der Waals surface area (Å²) < 4.78 is 0. The topological polar surface area (TPSA) is 63.1 Å². The summed E-state index contributed by atoms with van der Waals surface area (Å²) in [6, 6.07) is 19.2. The quantitative estimate of drug-likeness (QED) is 0.789. The van der Waals surface area contributed by atoms with Crippen LogP contribution < -0.4 is 10.3 Å². The maximum atomic E-state index is 12.2. The average molecular weight is 291 g/mol. The van der Waals surface area contributed by atoms with Crippen molar-refractivity contribution in [3.05, 3.63) is 66.4 Å². The lowest BCUT2D eigenvalue weighted by atomic mass is 10.1. The Balaban J connectivity index is 1.75. The number of rotatable bonds is 2. The molecule has 1 aromatic heterocycles. The predicted octanol–water partition coefficient (Wildman–Crippen LogP) is 2.63. The zero-order valence-electron chi connectivity index (χ0n) is 11.7. The van der Waals surface area contributed by atoms with Crippen LogP contribution in [0.15, 0.2) is 60.7 Å². The van der Waals surface area contributed by atoms with Gasteiger partial charge in [0.2, 0.25) is 0 Å². The van der Waals surface area contributed by atoms with E-state index in [1.54, 1.807) is 4.90 Å². The first-order valence-corrected chi connectivity index (χ1v) is 6.96. The van der Waals surface area contributed by atoms with Crippen LogP contribution >= 0.6 is 0 Å². The van der Waals surface area contributed by atoms with E-state index in [2.05, 4.69) is 15.7 Å². The Hall–Kier alpha value is -3.15. The van der Waals surface area contributed by atoms with Gasteiger partial charge in [-0.05, 0) is 17.3 Å². The van der Waals surface area contributed by atoms with E-state index in [1.165, 1.54) is 4.79 Å². The lowest BCUT2D eigenvalue weighted by Gasteiger charge is -2.28. The molecule has 22 heavy (non-hydrogen) atoms. The van der Waals surface area contributed by atoms with Gasteiger partial charge in [0.05, 0.1) is 6.54 Å². The van der Waals surface area contributed by atoms with Gasteiger partial charge in [-0.25, -0.2) is 10.2 Å². The van der Waals surface area contributed by atoms with Crippen LogP contribution in [0.5, 0.6) is 0 Å². The molecule has 6 heteroatoms. The van der Waals surface area contributed by atoms with E-state index in [1.807, 2.05) is 60.7 Å². The number of para-hydroxylation sites is 1. The molecule has 2 heterocycles. The molecule has 1 aliphatic rings. The molecule has 0 radical (unpaired) electrons. The molecule has 108 valence electrons. The fourth-order valence-electron chi connectivity index (χ4n) is 2.54. The minimum absolute atomic E-state index is 0.219. The van der Waals surface area contributed by atoms with Crippen LogP contribution in [-0.4, -0.2) is 21.1 Å². The lowest BCUT2D eigenvalue weighted by molar-refractivity contribution is 0.251. The summed E-state index contributed by atoms with van der Waals surface area (Å²) in [5.41, 5.74) is 6.18. The largest absolute Gasteiger partial charge is 0.342 e. The second kappa shape index (κ2) is 5.00. The van der Waals surface area contributed by atoms with E-state index in [4.69, 9.17) is 0 Å². The fraction of sp³-hybridized carbons (Fsp3) is 0.0625. The molecule has 4 rings (SSSR count). The number of hydrogen-bond donors (Lipinski definition) is 1. The van der Waals surface area contributed by atoms with E-state index in [9.17, 15) is 4.79 Å². The highest BCUT2D eigenvalue weighted by Gasteiger charge is 2.28. The third-order valence-electron chi connectivity index (χ3n) is 3.63. The van der Waals surface area contributed by atoms with Crippen molar-refractivity contribution in [2.24, 2.45) is 0 Å². The number of carbonyl (C=O) groups excluding carboxylic acids is 1. The van der Waals surface area contributed by atoms with Gasteiger partial charge in [-0.15, -0.1) is 5.10 Å². The lowest BCUT2D eigenvalue weighted by Crippen LogP contribution is -2.44. The van der Waals surface area contributed by atoms with E-state index in [0.717, 1.165) is 22.6 Å². The number of hydrogen-bond acceptors (Lipinski definition) is 3. The Bertz CT molecular complexity index is 813. The summed E-state index contributed by atoms with van der Waals surface area (Å²) in [7, 11) is 0. The van der Waals surface area contributed by atoms with E-state index < -0.39 is 0 Å². The van der Waals surface area contributed by atoms with Gasteiger partial charge >= 0.3 is 6.03 Å². The second-order valence-electron chi connectivity index (χ2n) is 5.00. The van der Waals surface area contributed by atoms with E-state index in [0.29, 0.717) is 6.54 Å². The predicted molar refractivity (Wildman–Crippen MR) is 82.8 cm³/mol. The molecule has 3 aromatic rings. The highest BCUT2D eigenvalue weighted by molar-refractivity contribution is 5.98. The standard InChI is InChI=1S/C16H13N5O/c22-16-18-21-14(11-20(16)13-9-5-2-6-10-13)15(17-19-21)12-7-3-1-4-8-12/h1-10H,11H2,(H,18,22). The Morgan fingerprint density at radius 3 is 2.36 bits per heavy atom. The number of nitrogens with one attached hydrogen (secondary N) is 1. The highest BCUT2D eigenvalue weighted by Crippen LogP contribution is 2.26. The average Bonchev–Trinajstić information content (AvgIpc) is 2.98. The fourth-order valence-corrected chi connectivity index (χ4v) is 2.54. The van der Waals surface area contributed by atoms with Crippen molar-refractivity contribution in [2.75, 3.05) is 10.3 Å². The van der Waals surface area contributed by atoms with Gasteiger partial charge in [0.15, 0.2) is 0 Å². The van der Waals surface area contributed by atoms with Crippen LogP contribution in [0.2, 0.25) is 0 Å². The van der Waals surface area contributed by atoms with Gasteiger partial charge < -0.3 is 0 Å². The van der Waals surface area contributed by atoms with Crippen molar-refractivity contribution in [3.8, 4) is 11.3 Å². The van der Waals surface area contributed by atoms with Crippen molar-refractivity contribution in [3.63, 3.8) is 0 Å². The molecule has 1 N–H and O–H groups in total. The number of fused-ring (bicyclic) bond motifs is 1. The number of amides is 2. The normalized spacial score (nSPS) is 13.6. The van der Waals surface area contributed by atoms with Gasteiger partial charge in [-0.3, -0.25) is 4.90 Å². The van der Waals surface area contributed by atoms with Crippen molar-refractivity contribution < 1.29 is 4.79 Å². The van der Waals surface area contributed by atoms with Crippen LogP contribution in [-0.2, 0) is 6.54 Å². The summed E-state index contributed by atoms with van der Waals surface area (Å²) in [5, 5.41) is 8.22. The molecule has 6 nitrogen and oxygen atoms in total. The van der Waals surface area contributed by atoms with Gasteiger partial charge in [-0.2, -0.15) is 4.79 Å². The zero-order valence-corrected chi connectivity index (χ0v) is 11.7. The number of benzene rings is 2. The van der Waals surface area contributed by atoms with Crippen molar-refractivity contribution in [1.82, 2.24) is 15.1 Å². The maximum Gasteiger partial charge on any atom is 0.342 e.